The standard InChI is InChI=1S/C18H16/c1-3-13-9-10-16-11-14-7-5-6-8-15(14)12-18(16)17(13)4-2/h3-12H,1-2H3/b13-3-,17-4+. The average molecular weight is 232 g/mol. The highest BCUT2D eigenvalue weighted by atomic mass is 14.0. The van der Waals surface area contributed by atoms with Crippen LogP contribution in [0.25, 0.3) is 33.7 Å². The summed E-state index contributed by atoms with van der Waals surface area (Å²) in [6, 6.07) is 17.5. The number of benzene rings is 3. The molecular weight excluding hydrogens is 216 g/mol. The molecule has 3 aromatic rings. The lowest BCUT2D eigenvalue weighted by molar-refractivity contribution is 1.56. The van der Waals surface area contributed by atoms with Gasteiger partial charge in [-0.15, -0.1) is 0 Å². The first-order chi connectivity index (χ1) is 8.83. The zero-order valence-corrected chi connectivity index (χ0v) is 10.8. The zero-order chi connectivity index (χ0) is 12.5. The van der Waals surface area contributed by atoms with Gasteiger partial charge in [0, 0.05) is 0 Å². The molecule has 0 aromatic heterocycles. The van der Waals surface area contributed by atoms with Crippen molar-refractivity contribution < 1.29 is 0 Å². The molecular formula is C18H16. The number of rotatable bonds is 0. The summed E-state index contributed by atoms with van der Waals surface area (Å²) < 4.78 is 0. The van der Waals surface area contributed by atoms with E-state index in [0.717, 1.165) is 0 Å². The van der Waals surface area contributed by atoms with Crippen molar-refractivity contribution in [3.05, 3.63) is 59.0 Å². The van der Waals surface area contributed by atoms with E-state index in [9.17, 15) is 0 Å². The Labute approximate surface area is 107 Å². The van der Waals surface area contributed by atoms with Crippen LogP contribution in [-0.4, -0.2) is 0 Å². The second-order valence-corrected chi connectivity index (χ2v) is 4.57. The minimum Gasteiger partial charge on any atom is -0.0798 e. The van der Waals surface area contributed by atoms with Crippen LogP contribution < -0.4 is 10.4 Å². The molecule has 0 atom stereocenters. The van der Waals surface area contributed by atoms with Gasteiger partial charge in [0.25, 0.3) is 0 Å². The van der Waals surface area contributed by atoms with Crippen LogP contribution >= 0.6 is 0 Å². The highest BCUT2D eigenvalue weighted by Gasteiger charge is 1.99. The summed E-state index contributed by atoms with van der Waals surface area (Å²) in [7, 11) is 0. The molecule has 0 aliphatic heterocycles. The molecule has 0 amide bonds. The smallest absolute Gasteiger partial charge is 0.0102 e. The zero-order valence-electron chi connectivity index (χ0n) is 10.8. The summed E-state index contributed by atoms with van der Waals surface area (Å²) in [5.74, 6) is 0. The fourth-order valence-corrected chi connectivity index (χ4v) is 2.63. The van der Waals surface area contributed by atoms with E-state index >= 15 is 0 Å². The van der Waals surface area contributed by atoms with Crippen molar-refractivity contribution in [2.24, 2.45) is 0 Å². The SMILES string of the molecule is C/C=c1/ccc2cc3ccccc3cc2/c1=C/C. The highest BCUT2D eigenvalue weighted by molar-refractivity contribution is 5.98. The Morgan fingerprint density at radius 2 is 1.44 bits per heavy atom. The van der Waals surface area contributed by atoms with Crippen molar-refractivity contribution in [2.75, 3.05) is 0 Å². The predicted octanol–water partition coefficient (Wildman–Crippen LogP) is 3.59. The Bertz CT molecular complexity index is 839. The summed E-state index contributed by atoms with van der Waals surface area (Å²) in [6.07, 6.45) is 4.37. The lowest BCUT2D eigenvalue weighted by Crippen LogP contribution is -2.24. The van der Waals surface area contributed by atoms with Crippen LogP contribution in [0.15, 0.2) is 48.5 Å². The van der Waals surface area contributed by atoms with Gasteiger partial charge in [-0.25, -0.2) is 0 Å². The second kappa shape index (κ2) is 4.30. The molecule has 0 fully saturated rings. The van der Waals surface area contributed by atoms with Gasteiger partial charge in [0.05, 0.1) is 0 Å². The van der Waals surface area contributed by atoms with Gasteiger partial charge in [-0.05, 0) is 58.0 Å². The third kappa shape index (κ3) is 1.62. The lowest BCUT2D eigenvalue weighted by Gasteiger charge is -2.04. The van der Waals surface area contributed by atoms with Crippen LogP contribution in [0.3, 0.4) is 0 Å². The van der Waals surface area contributed by atoms with E-state index < -0.39 is 0 Å². The van der Waals surface area contributed by atoms with Crippen molar-refractivity contribution in [1.82, 2.24) is 0 Å². The van der Waals surface area contributed by atoms with E-state index in [1.807, 2.05) is 0 Å². The average Bonchev–Trinajstić information content (AvgIpc) is 2.43. The molecule has 0 nitrogen and oxygen atoms in total. The topological polar surface area (TPSA) is 0 Å². The summed E-state index contributed by atoms with van der Waals surface area (Å²) in [5.41, 5.74) is 0. The molecule has 3 rings (SSSR count). The maximum absolute atomic E-state index is 2.30. The van der Waals surface area contributed by atoms with E-state index in [2.05, 4.69) is 74.5 Å². The third-order valence-electron chi connectivity index (χ3n) is 3.56. The first-order valence-corrected chi connectivity index (χ1v) is 6.37. The van der Waals surface area contributed by atoms with Crippen LogP contribution in [0.2, 0.25) is 0 Å². The largest absolute Gasteiger partial charge is 0.0798 e. The van der Waals surface area contributed by atoms with Gasteiger partial charge >= 0.3 is 0 Å². The lowest BCUT2D eigenvalue weighted by atomic mass is 10.0. The molecule has 0 saturated carbocycles. The van der Waals surface area contributed by atoms with Crippen LogP contribution in [0.5, 0.6) is 0 Å². The predicted molar refractivity (Wildman–Crippen MR) is 81.0 cm³/mol. The molecule has 0 N–H and O–H groups in total. The van der Waals surface area contributed by atoms with Crippen molar-refractivity contribution in [2.45, 2.75) is 13.8 Å². The van der Waals surface area contributed by atoms with Gasteiger partial charge in [0.2, 0.25) is 0 Å². The van der Waals surface area contributed by atoms with Gasteiger partial charge in [0.15, 0.2) is 0 Å². The summed E-state index contributed by atoms with van der Waals surface area (Å²) in [5, 5.41) is 7.90. The second-order valence-electron chi connectivity index (χ2n) is 4.57. The summed E-state index contributed by atoms with van der Waals surface area (Å²) in [4.78, 5) is 0. The molecule has 0 aliphatic carbocycles. The van der Waals surface area contributed by atoms with Crippen LogP contribution in [0.1, 0.15) is 13.8 Å². The van der Waals surface area contributed by atoms with Gasteiger partial charge in [0.1, 0.15) is 0 Å². The fourth-order valence-electron chi connectivity index (χ4n) is 2.63. The Balaban J connectivity index is 2.59. The van der Waals surface area contributed by atoms with Crippen LogP contribution in [0.4, 0.5) is 0 Å². The summed E-state index contributed by atoms with van der Waals surface area (Å²) >= 11 is 0. The van der Waals surface area contributed by atoms with Gasteiger partial charge in [-0.2, -0.15) is 0 Å². The van der Waals surface area contributed by atoms with E-state index in [1.54, 1.807) is 0 Å². The molecule has 0 aliphatic rings. The Morgan fingerprint density at radius 3 is 2.11 bits per heavy atom. The maximum Gasteiger partial charge on any atom is -0.0102 e. The number of hydrogen-bond donors (Lipinski definition) is 0. The van der Waals surface area contributed by atoms with E-state index in [-0.39, 0.29) is 0 Å². The van der Waals surface area contributed by atoms with Crippen molar-refractivity contribution in [3.8, 4) is 0 Å². The molecule has 3 aromatic carbocycles. The number of hydrogen-bond acceptors (Lipinski definition) is 0. The van der Waals surface area contributed by atoms with Crippen LogP contribution in [0, 0.1) is 0 Å². The molecule has 18 heavy (non-hydrogen) atoms. The monoisotopic (exact) mass is 232 g/mol. The maximum atomic E-state index is 2.30. The molecule has 88 valence electrons. The minimum absolute atomic E-state index is 1.31. The molecule has 0 spiro atoms. The normalized spacial score (nSPS) is 13.7. The van der Waals surface area contributed by atoms with Crippen molar-refractivity contribution in [1.29, 1.82) is 0 Å². The van der Waals surface area contributed by atoms with E-state index in [4.69, 9.17) is 0 Å². The Hall–Kier alpha value is -2.08. The molecule has 0 radical (unpaired) electrons. The van der Waals surface area contributed by atoms with Crippen molar-refractivity contribution >= 4 is 33.7 Å². The van der Waals surface area contributed by atoms with Gasteiger partial charge in [-0.1, -0.05) is 48.6 Å². The Morgan fingerprint density at radius 1 is 0.722 bits per heavy atom. The van der Waals surface area contributed by atoms with E-state index in [1.165, 1.54) is 32.0 Å². The third-order valence-corrected chi connectivity index (χ3v) is 3.56. The van der Waals surface area contributed by atoms with Gasteiger partial charge in [-0.3, -0.25) is 0 Å². The van der Waals surface area contributed by atoms with Crippen molar-refractivity contribution in [3.63, 3.8) is 0 Å². The molecule has 0 heterocycles. The molecule has 0 heteroatoms. The fraction of sp³-hybridized carbons (Fsp3) is 0.111. The first kappa shape index (κ1) is 11.0. The molecule has 0 bridgehead atoms. The quantitative estimate of drug-likeness (QED) is 0.520. The highest BCUT2D eigenvalue weighted by Crippen LogP contribution is 2.19. The number of fused-ring (bicyclic) bond motifs is 2. The first-order valence-electron chi connectivity index (χ1n) is 6.37. The van der Waals surface area contributed by atoms with Crippen LogP contribution in [-0.2, 0) is 0 Å². The molecule has 0 saturated heterocycles. The van der Waals surface area contributed by atoms with E-state index in [0.29, 0.717) is 0 Å². The summed E-state index contributed by atoms with van der Waals surface area (Å²) in [6.45, 7) is 4.20. The molecule has 0 unspecified atom stereocenters. The minimum atomic E-state index is 1.31. The van der Waals surface area contributed by atoms with Gasteiger partial charge < -0.3 is 0 Å². The Kier molecular flexibility index (Phi) is 2.64.